The predicted octanol–water partition coefficient (Wildman–Crippen LogP) is 2.27. The molecular formula is C19H22N2O3. The molecule has 0 aromatic heterocycles. The maximum Gasteiger partial charge on any atom is 0.257 e. The van der Waals surface area contributed by atoms with E-state index in [2.05, 4.69) is 12.1 Å². The van der Waals surface area contributed by atoms with Gasteiger partial charge in [0.25, 0.3) is 5.91 Å². The van der Waals surface area contributed by atoms with Gasteiger partial charge in [0.2, 0.25) is 0 Å². The van der Waals surface area contributed by atoms with Crippen molar-refractivity contribution < 1.29 is 14.3 Å². The maximum atomic E-state index is 12.9. The van der Waals surface area contributed by atoms with Gasteiger partial charge in [0, 0.05) is 31.1 Å². The number of benzene rings is 2. The van der Waals surface area contributed by atoms with Crippen LogP contribution < -0.4 is 15.2 Å². The van der Waals surface area contributed by atoms with Crippen molar-refractivity contribution in [2.45, 2.75) is 12.0 Å². The summed E-state index contributed by atoms with van der Waals surface area (Å²) in [6, 6.07) is 15.3. The van der Waals surface area contributed by atoms with E-state index in [0.29, 0.717) is 30.2 Å². The molecular weight excluding hydrogens is 304 g/mol. The predicted molar refractivity (Wildman–Crippen MR) is 92.6 cm³/mol. The van der Waals surface area contributed by atoms with E-state index in [9.17, 15) is 4.79 Å². The smallest absolute Gasteiger partial charge is 0.257 e. The Labute approximate surface area is 142 Å². The van der Waals surface area contributed by atoms with Gasteiger partial charge in [-0.1, -0.05) is 30.3 Å². The van der Waals surface area contributed by atoms with E-state index in [-0.39, 0.29) is 17.9 Å². The molecule has 2 aromatic rings. The summed E-state index contributed by atoms with van der Waals surface area (Å²) in [6.07, 6.45) is 0. The second kappa shape index (κ2) is 6.93. The lowest BCUT2D eigenvalue weighted by atomic mass is 9.95. The Morgan fingerprint density at radius 2 is 1.83 bits per heavy atom. The van der Waals surface area contributed by atoms with Crippen molar-refractivity contribution in [2.75, 3.05) is 27.3 Å². The van der Waals surface area contributed by atoms with Crippen LogP contribution in [0.3, 0.4) is 0 Å². The molecule has 1 fully saturated rings. The molecule has 126 valence electrons. The summed E-state index contributed by atoms with van der Waals surface area (Å²) < 4.78 is 10.5. The first-order chi connectivity index (χ1) is 11.6. The summed E-state index contributed by atoms with van der Waals surface area (Å²) in [6.45, 7) is 1.15. The molecule has 0 radical (unpaired) electrons. The van der Waals surface area contributed by atoms with Crippen LogP contribution in [0.4, 0.5) is 0 Å². The largest absolute Gasteiger partial charge is 0.497 e. The van der Waals surface area contributed by atoms with Gasteiger partial charge >= 0.3 is 0 Å². The zero-order valence-corrected chi connectivity index (χ0v) is 13.9. The summed E-state index contributed by atoms with van der Waals surface area (Å²) in [5.74, 6) is 1.25. The van der Waals surface area contributed by atoms with Crippen molar-refractivity contribution in [3.05, 3.63) is 59.7 Å². The average molecular weight is 326 g/mol. The third-order valence-electron chi connectivity index (χ3n) is 4.52. The lowest BCUT2D eigenvalue weighted by Gasteiger charge is -2.18. The molecule has 1 aliphatic rings. The Bertz CT molecular complexity index is 718. The monoisotopic (exact) mass is 326 g/mol. The van der Waals surface area contributed by atoms with Crippen LogP contribution in [0, 0.1) is 0 Å². The lowest BCUT2D eigenvalue weighted by Crippen LogP contribution is -2.32. The first-order valence-electron chi connectivity index (χ1n) is 7.96. The van der Waals surface area contributed by atoms with Gasteiger partial charge in [-0.15, -0.1) is 0 Å². The quantitative estimate of drug-likeness (QED) is 0.936. The van der Waals surface area contributed by atoms with E-state index in [1.807, 2.05) is 18.2 Å². The molecule has 0 spiro atoms. The van der Waals surface area contributed by atoms with Crippen molar-refractivity contribution in [3.8, 4) is 11.5 Å². The SMILES string of the molecule is COc1ccc(C(=O)N2C[C@@H](N)[C@H](c3ccccc3)C2)c(OC)c1. The Morgan fingerprint density at radius 3 is 2.50 bits per heavy atom. The number of carbonyl (C=O) groups excluding carboxylic acids is 1. The number of hydrogen-bond acceptors (Lipinski definition) is 4. The number of likely N-dealkylation sites (tertiary alicyclic amines) is 1. The van der Waals surface area contributed by atoms with Crippen LogP contribution in [-0.4, -0.2) is 44.2 Å². The molecule has 1 amide bonds. The van der Waals surface area contributed by atoms with Crippen molar-refractivity contribution in [1.29, 1.82) is 0 Å². The molecule has 1 aliphatic heterocycles. The topological polar surface area (TPSA) is 64.8 Å². The van der Waals surface area contributed by atoms with E-state index < -0.39 is 0 Å². The van der Waals surface area contributed by atoms with Crippen molar-refractivity contribution in [2.24, 2.45) is 5.73 Å². The highest BCUT2D eigenvalue weighted by molar-refractivity contribution is 5.97. The Morgan fingerprint density at radius 1 is 1.08 bits per heavy atom. The molecule has 3 rings (SSSR count). The van der Waals surface area contributed by atoms with Crippen molar-refractivity contribution in [3.63, 3.8) is 0 Å². The standard InChI is InChI=1S/C19H22N2O3/c1-23-14-8-9-15(18(10-14)24-2)19(22)21-11-16(17(20)12-21)13-6-4-3-5-7-13/h3-10,16-17H,11-12,20H2,1-2H3/t16-,17+/m0/s1. The van der Waals surface area contributed by atoms with Gasteiger partial charge in [0.05, 0.1) is 19.8 Å². The first-order valence-corrected chi connectivity index (χ1v) is 7.96. The van der Waals surface area contributed by atoms with Gasteiger partial charge in [-0.05, 0) is 17.7 Å². The van der Waals surface area contributed by atoms with Crippen molar-refractivity contribution in [1.82, 2.24) is 4.90 Å². The number of rotatable bonds is 4. The molecule has 2 aromatic carbocycles. The highest BCUT2D eigenvalue weighted by Gasteiger charge is 2.35. The van der Waals surface area contributed by atoms with Crippen LogP contribution in [0.5, 0.6) is 11.5 Å². The van der Waals surface area contributed by atoms with Crippen LogP contribution in [0.15, 0.2) is 48.5 Å². The number of ether oxygens (including phenoxy) is 2. The van der Waals surface area contributed by atoms with E-state index in [4.69, 9.17) is 15.2 Å². The summed E-state index contributed by atoms with van der Waals surface area (Å²) in [4.78, 5) is 14.7. The fourth-order valence-electron chi connectivity index (χ4n) is 3.19. The van der Waals surface area contributed by atoms with E-state index in [0.717, 1.165) is 0 Å². The number of carbonyl (C=O) groups is 1. The Kier molecular flexibility index (Phi) is 4.71. The zero-order chi connectivity index (χ0) is 17.1. The summed E-state index contributed by atoms with van der Waals surface area (Å²) >= 11 is 0. The highest BCUT2D eigenvalue weighted by Crippen LogP contribution is 2.30. The molecule has 0 bridgehead atoms. The Balaban J connectivity index is 1.82. The highest BCUT2D eigenvalue weighted by atomic mass is 16.5. The molecule has 2 N–H and O–H groups in total. The molecule has 5 heteroatoms. The van der Waals surface area contributed by atoms with E-state index >= 15 is 0 Å². The summed E-state index contributed by atoms with van der Waals surface area (Å²) in [5, 5.41) is 0. The minimum atomic E-state index is -0.0689. The number of nitrogens with zero attached hydrogens (tertiary/aromatic N) is 1. The second-order valence-electron chi connectivity index (χ2n) is 5.96. The van der Waals surface area contributed by atoms with Crippen LogP contribution in [0.25, 0.3) is 0 Å². The lowest BCUT2D eigenvalue weighted by molar-refractivity contribution is 0.0785. The number of nitrogens with two attached hydrogens (primary N) is 1. The van der Waals surface area contributed by atoms with Gasteiger partial charge in [-0.3, -0.25) is 4.79 Å². The summed E-state index contributed by atoms with van der Waals surface area (Å²) in [7, 11) is 3.13. The van der Waals surface area contributed by atoms with Gasteiger partial charge in [0.1, 0.15) is 11.5 Å². The van der Waals surface area contributed by atoms with Crippen molar-refractivity contribution >= 4 is 5.91 Å². The zero-order valence-electron chi connectivity index (χ0n) is 13.9. The fraction of sp³-hybridized carbons (Fsp3) is 0.316. The second-order valence-corrected chi connectivity index (χ2v) is 5.96. The summed E-state index contributed by atoms with van der Waals surface area (Å²) in [5.41, 5.74) is 7.98. The van der Waals surface area contributed by atoms with Gasteiger partial charge < -0.3 is 20.1 Å². The minimum Gasteiger partial charge on any atom is -0.497 e. The minimum absolute atomic E-state index is 0.0663. The molecule has 24 heavy (non-hydrogen) atoms. The third-order valence-corrected chi connectivity index (χ3v) is 4.52. The van der Waals surface area contributed by atoms with Crippen LogP contribution in [0.1, 0.15) is 21.8 Å². The molecule has 0 unspecified atom stereocenters. The molecule has 1 saturated heterocycles. The fourth-order valence-corrected chi connectivity index (χ4v) is 3.19. The first kappa shape index (κ1) is 16.3. The maximum absolute atomic E-state index is 12.9. The number of hydrogen-bond donors (Lipinski definition) is 1. The molecule has 5 nitrogen and oxygen atoms in total. The average Bonchev–Trinajstić information content (AvgIpc) is 3.03. The van der Waals surface area contributed by atoms with Crippen LogP contribution >= 0.6 is 0 Å². The van der Waals surface area contributed by atoms with E-state index in [1.165, 1.54) is 5.56 Å². The molecule has 2 atom stereocenters. The Hall–Kier alpha value is -2.53. The van der Waals surface area contributed by atoms with E-state index in [1.54, 1.807) is 37.3 Å². The number of amides is 1. The molecule has 0 aliphatic carbocycles. The van der Waals surface area contributed by atoms with Crippen LogP contribution in [0.2, 0.25) is 0 Å². The third kappa shape index (κ3) is 3.08. The van der Waals surface area contributed by atoms with Gasteiger partial charge in [-0.25, -0.2) is 0 Å². The normalized spacial score (nSPS) is 20.0. The van der Waals surface area contributed by atoms with Crippen LogP contribution in [-0.2, 0) is 0 Å². The number of methoxy groups -OCH3 is 2. The molecule has 0 saturated carbocycles. The molecule has 1 heterocycles. The van der Waals surface area contributed by atoms with Gasteiger partial charge in [0.15, 0.2) is 0 Å². The van der Waals surface area contributed by atoms with Gasteiger partial charge in [-0.2, -0.15) is 0 Å².